The van der Waals surface area contributed by atoms with E-state index in [0.29, 0.717) is 12.0 Å². The topological polar surface area (TPSA) is 0 Å². The van der Waals surface area contributed by atoms with Gasteiger partial charge in [0.15, 0.2) is 0 Å². The monoisotopic (exact) mass is 440 g/mol. The molecule has 0 spiro atoms. The molecule has 0 aromatic heterocycles. The van der Waals surface area contributed by atoms with Crippen LogP contribution in [0.15, 0.2) is 36.4 Å². The molecular weight excluding hydrogens is 414 g/mol. The summed E-state index contributed by atoms with van der Waals surface area (Å²) in [7, 11) is 0. The maximum Gasteiger partial charge on any atom is 0.409 e. The summed E-state index contributed by atoms with van der Waals surface area (Å²) in [6.07, 6.45) is 3.26. The Morgan fingerprint density at radius 3 is 2.03 bits per heavy atom. The number of halogens is 6. The second-order valence-electron chi connectivity index (χ2n) is 8.38. The van der Waals surface area contributed by atoms with Crippen LogP contribution in [0.1, 0.15) is 56.6 Å². The van der Waals surface area contributed by atoms with Crippen molar-refractivity contribution < 1.29 is 26.3 Å². The zero-order valence-electron chi connectivity index (χ0n) is 17.4. The van der Waals surface area contributed by atoms with Crippen molar-refractivity contribution in [3.8, 4) is 11.1 Å². The van der Waals surface area contributed by atoms with Gasteiger partial charge in [-0.05, 0) is 60.1 Å². The molecule has 1 saturated carbocycles. The van der Waals surface area contributed by atoms with E-state index in [4.69, 9.17) is 0 Å². The SMILES string of the molecule is CCC1CCC(CCc2ccc(-c3cc(F)c(/C=C/C(F)(F)F)c(F)c3)c(F)c2)CC1. The quantitative estimate of drug-likeness (QED) is 0.395. The van der Waals surface area contributed by atoms with E-state index in [1.54, 1.807) is 6.07 Å². The van der Waals surface area contributed by atoms with Gasteiger partial charge in [0, 0.05) is 17.2 Å². The summed E-state index contributed by atoms with van der Waals surface area (Å²) in [5.41, 5.74) is -0.0297. The Morgan fingerprint density at radius 2 is 1.48 bits per heavy atom. The lowest BCUT2D eigenvalue weighted by atomic mass is 9.78. The molecule has 31 heavy (non-hydrogen) atoms. The maximum atomic E-state index is 14.7. The van der Waals surface area contributed by atoms with Crippen LogP contribution in [-0.2, 0) is 6.42 Å². The third kappa shape index (κ3) is 6.37. The van der Waals surface area contributed by atoms with Gasteiger partial charge in [-0.25, -0.2) is 13.2 Å². The summed E-state index contributed by atoms with van der Waals surface area (Å²) in [6, 6.07) is 6.29. The molecule has 3 rings (SSSR count). The first kappa shape index (κ1) is 23.4. The third-order valence-electron chi connectivity index (χ3n) is 6.25. The van der Waals surface area contributed by atoms with Crippen LogP contribution in [0.4, 0.5) is 26.3 Å². The van der Waals surface area contributed by atoms with Crippen molar-refractivity contribution in [3.63, 3.8) is 0 Å². The number of hydrogen-bond acceptors (Lipinski definition) is 0. The highest BCUT2D eigenvalue weighted by Gasteiger charge is 2.23. The lowest BCUT2D eigenvalue weighted by Gasteiger charge is -2.27. The van der Waals surface area contributed by atoms with E-state index in [2.05, 4.69) is 6.92 Å². The molecule has 168 valence electrons. The van der Waals surface area contributed by atoms with E-state index in [9.17, 15) is 26.3 Å². The Bertz CT molecular complexity index is 897. The van der Waals surface area contributed by atoms with Gasteiger partial charge < -0.3 is 0 Å². The van der Waals surface area contributed by atoms with Gasteiger partial charge >= 0.3 is 6.18 Å². The fourth-order valence-corrected chi connectivity index (χ4v) is 4.32. The van der Waals surface area contributed by atoms with Gasteiger partial charge in [-0.3, -0.25) is 0 Å². The zero-order valence-corrected chi connectivity index (χ0v) is 17.4. The molecule has 0 N–H and O–H groups in total. The number of hydrogen-bond donors (Lipinski definition) is 0. The highest BCUT2D eigenvalue weighted by molar-refractivity contribution is 5.67. The van der Waals surface area contributed by atoms with Crippen LogP contribution in [-0.4, -0.2) is 6.18 Å². The van der Waals surface area contributed by atoms with Gasteiger partial charge in [0.1, 0.15) is 17.5 Å². The summed E-state index contributed by atoms with van der Waals surface area (Å²) >= 11 is 0. The van der Waals surface area contributed by atoms with Crippen LogP contribution in [0.3, 0.4) is 0 Å². The van der Waals surface area contributed by atoms with Crippen LogP contribution in [0, 0.1) is 29.3 Å². The predicted molar refractivity (Wildman–Crippen MR) is 111 cm³/mol. The molecule has 6 heteroatoms. The van der Waals surface area contributed by atoms with E-state index < -0.39 is 29.2 Å². The summed E-state index contributed by atoms with van der Waals surface area (Å²) in [5.74, 6) is -1.50. The minimum absolute atomic E-state index is 0.0105. The van der Waals surface area contributed by atoms with Gasteiger partial charge in [0.05, 0.1) is 0 Å². The van der Waals surface area contributed by atoms with Gasteiger partial charge in [0.25, 0.3) is 0 Å². The second kappa shape index (κ2) is 9.92. The van der Waals surface area contributed by atoms with Crippen LogP contribution in [0.2, 0.25) is 0 Å². The molecule has 0 radical (unpaired) electrons. The summed E-state index contributed by atoms with van der Waals surface area (Å²) in [6.45, 7) is 2.22. The summed E-state index contributed by atoms with van der Waals surface area (Å²) in [5, 5.41) is 0. The van der Waals surface area contributed by atoms with E-state index in [1.165, 1.54) is 44.2 Å². The molecule has 0 saturated heterocycles. The predicted octanol–water partition coefficient (Wildman–Crippen LogP) is 8.50. The fourth-order valence-electron chi connectivity index (χ4n) is 4.32. The Balaban J connectivity index is 1.70. The van der Waals surface area contributed by atoms with Crippen molar-refractivity contribution in [2.45, 2.75) is 58.0 Å². The number of alkyl halides is 3. The van der Waals surface area contributed by atoms with E-state index in [-0.39, 0.29) is 17.2 Å². The van der Waals surface area contributed by atoms with Crippen molar-refractivity contribution in [1.82, 2.24) is 0 Å². The lowest BCUT2D eigenvalue weighted by Crippen LogP contribution is -2.14. The van der Waals surface area contributed by atoms with Crippen LogP contribution in [0.25, 0.3) is 17.2 Å². The van der Waals surface area contributed by atoms with Crippen molar-refractivity contribution in [2.24, 2.45) is 11.8 Å². The Hall–Kier alpha value is -2.24. The van der Waals surface area contributed by atoms with E-state index >= 15 is 0 Å². The normalized spacial score (nSPS) is 19.8. The molecular formula is C25H26F6. The standard InChI is InChI=1S/C25H26F6/c1-2-16-3-5-17(6-4-16)7-8-18-9-10-20(22(26)13-18)19-14-23(27)21(24(28)15-19)11-12-25(29,30)31/h9-17H,2-8H2,1H3/b12-11+. The average molecular weight is 440 g/mol. The molecule has 2 aromatic rings. The second-order valence-corrected chi connectivity index (χ2v) is 8.38. The number of benzene rings is 2. The smallest absolute Gasteiger partial charge is 0.206 e. The molecule has 0 heterocycles. The first-order valence-corrected chi connectivity index (χ1v) is 10.7. The Kier molecular flexibility index (Phi) is 7.50. The summed E-state index contributed by atoms with van der Waals surface area (Å²) < 4.78 is 79.8. The molecule has 0 aliphatic heterocycles. The molecule has 0 unspecified atom stereocenters. The first-order chi connectivity index (χ1) is 14.7. The van der Waals surface area contributed by atoms with Crippen LogP contribution in [0.5, 0.6) is 0 Å². The molecule has 0 amide bonds. The van der Waals surface area contributed by atoms with E-state index in [0.717, 1.165) is 36.5 Å². The average Bonchev–Trinajstić information content (AvgIpc) is 2.71. The Labute approximate surface area is 179 Å². The van der Waals surface area contributed by atoms with Gasteiger partial charge in [0.2, 0.25) is 0 Å². The lowest BCUT2D eigenvalue weighted by molar-refractivity contribution is -0.0790. The Morgan fingerprint density at radius 1 is 0.871 bits per heavy atom. The van der Waals surface area contributed by atoms with Crippen molar-refractivity contribution in [1.29, 1.82) is 0 Å². The maximum absolute atomic E-state index is 14.7. The number of aryl methyl sites for hydroxylation is 1. The molecule has 1 fully saturated rings. The highest BCUT2D eigenvalue weighted by atomic mass is 19.4. The molecule has 1 aliphatic rings. The van der Waals surface area contributed by atoms with Crippen molar-refractivity contribution in [2.75, 3.05) is 0 Å². The minimum atomic E-state index is -4.69. The molecule has 0 bridgehead atoms. The molecule has 2 aromatic carbocycles. The third-order valence-corrected chi connectivity index (χ3v) is 6.25. The zero-order chi connectivity index (χ0) is 22.6. The van der Waals surface area contributed by atoms with Gasteiger partial charge in [-0.1, -0.05) is 51.2 Å². The van der Waals surface area contributed by atoms with Gasteiger partial charge in [-0.15, -0.1) is 0 Å². The fraction of sp³-hybridized carbons (Fsp3) is 0.440. The number of allylic oxidation sites excluding steroid dienone is 1. The molecule has 1 aliphatic carbocycles. The number of rotatable bonds is 6. The summed E-state index contributed by atoms with van der Waals surface area (Å²) in [4.78, 5) is 0. The van der Waals surface area contributed by atoms with Crippen molar-refractivity contribution in [3.05, 3.63) is 65.0 Å². The largest absolute Gasteiger partial charge is 0.409 e. The van der Waals surface area contributed by atoms with Crippen LogP contribution >= 0.6 is 0 Å². The minimum Gasteiger partial charge on any atom is -0.206 e. The molecule has 0 atom stereocenters. The van der Waals surface area contributed by atoms with E-state index in [1.807, 2.05) is 0 Å². The molecule has 0 nitrogen and oxygen atoms in total. The van der Waals surface area contributed by atoms with Crippen LogP contribution < -0.4 is 0 Å². The van der Waals surface area contributed by atoms with Crippen molar-refractivity contribution >= 4 is 6.08 Å². The first-order valence-electron chi connectivity index (χ1n) is 10.7. The highest BCUT2D eigenvalue weighted by Crippen LogP contribution is 2.34. The van der Waals surface area contributed by atoms with Gasteiger partial charge in [-0.2, -0.15) is 13.2 Å².